The molecule has 0 spiro atoms. The van der Waals surface area contributed by atoms with Gasteiger partial charge in [0, 0.05) is 35.8 Å². The molecule has 0 saturated carbocycles. The topological polar surface area (TPSA) is 38.5 Å². The minimum absolute atomic E-state index is 0.464. The van der Waals surface area contributed by atoms with Crippen LogP contribution in [0, 0.1) is 0 Å². The Morgan fingerprint density at radius 2 is 2.10 bits per heavy atom. The summed E-state index contributed by atoms with van der Waals surface area (Å²) in [7, 11) is 0. The number of rotatable bonds is 9. The van der Waals surface area contributed by atoms with E-state index < -0.39 is 0 Å². The maximum atomic E-state index is 5.95. The van der Waals surface area contributed by atoms with E-state index in [2.05, 4.69) is 36.9 Å². The van der Waals surface area contributed by atoms with Crippen LogP contribution in [0.15, 0.2) is 23.1 Å². The smallest absolute Gasteiger partial charge is 0.107 e. The van der Waals surface area contributed by atoms with Crippen LogP contribution in [0.3, 0.4) is 0 Å². The van der Waals surface area contributed by atoms with E-state index in [0.717, 1.165) is 41.6 Å². The Labute approximate surface area is 131 Å². The van der Waals surface area contributed by atoms with E-state index in [-0.39, 0.29) is 0 Å². The number of ether oxygens (including phenoxy) is 1. The second kappa shape index (κ2) is 9.21. The van der Waals surface area contributed by atoms with Gasteiger partial charge in [-0.3, -0.25) is 0 Å². The summed E-state index contributed by atoms with van der Waals surface area (Å²) >= 11 is 7.04. The number of thioether (sulfide) groups is 1. The first kappa shape index (κ1) is 17.3. The van der Waals surface area contributed by atoms with E-state index >= 15 is 0 Å². The highest BCUT2D eigenvalue weighted by atomic mass is 32.2. The van der Waals surface area contributed by atoms with Gasteiger partial charge in [-0.2, -0.15) is 0 Å². The molecule has 0 aliphatic carbocycles. The Bertz CT molecular complexity index is 438. The molecule has 1 aromatic rings. The highest BCUT2D eigenvalue weighted by Gasteiger charge is 2.15. The van der Waals surface area contributed by atoms with Gasteiger partial charge < -0.3 is 15.4 Å². The van der Waals surface area contributed by atoms with Crippen molar-refractivity contribution in [1.29, 1.82) is 0 Å². The summed E-state index contributed by atoms with van der Waals surface area (Å²) in [6.45, 7) is 9.48. The molecule has 0 radical (unpaired) electrons. The monoisotopic (exact) mass is 312 g/mol. The molecular weight excluding hydrogens is 288 g/mol. The zero-order valence-electron chi connectivity index (χ0n) is 12.5. The maximum Gasteiger partial charge on any atom is 0.107 e. The first-order valence-corrected chi connectivity index (χ1v) is 8.43. The van der Waals surface area contributed by atoms with Crippen molar-refractivity contribution in [3.63, 3.8) is 0 Å². The Kier molecular flexibility index (Phi) is 7.95. The SMILES string of the molecule is CCOCCN(CC)c1cccc(SCC)c1C(N)=S. The van der Waals surface area contributed by atoms with Crippen molar-refractivity contribution >= 4 is 34.7 Å². The molecule has 0 amide bonds. The van der Waals surface area contributed by atoms with E-state index in [9.17, 15) is 0 Å². The van der Waals surface area contributed by atoms with Crippen LogP contribution in [0.4, 0.5) is 5.69 Å². The van der Waals surface area contributed by atoms with Gasteiger partial charge in [-0.1, -0.05) is 25.2 Å². The second-order valence-electron chi connectivity index (χ2n) is 4.22. The van der Waals surface area contributed by atoms with Gasteiger partial charge in [-0.05, 0) is 31.7 Å². The molecule has 0 unspecified atom stereocenters. The first-order valence-electron chi connectivity index (χ1n) is 7.03. The van der Waals surface area contributed by atoms with Gasteiger partial charge in [0.25, 0.3) is 0 Å². The van der Waals surface area contributed by atoms with Gasteiger partial charge in [0.15, 0.2) is 0 Å². The fourth-order valence-electron chi connectivity index (χ4n) is 2.07. The van der Waals surface area contributed by atoms with Crippen molar-refractivity contribution in [3.05, 3.63) is 23.8 Å². The second-order valence-corrected chi connectivity index (χ2v) is 5.97. The highest BCUT2D eigenvalue weighted by Crippen LogP contribution is 2.30. The number of benzene rings is 1. The standard InChI is InChI=1S/C15H24N2OS2/c1-4-17(10-11-18-5-2)12-8-7-9-13(20-6-3)14(12)15(16)19/h7-9H,4-6,10-11H2,1-3H3,(H2,16,19). The molecule has 0 bridgehead atoms. The van der Waals surface area contributed by atoms with Crippen molar-refractivity contribution in [1.82, 2.24) is 0 Å². The minimum Gasteiger partial charge on any atom is -0.389 e. The van der Waals surface area contributed by atoms with Gasteiger partial charge in [0.05, 0.1) is 6.61 Å². The van der Waals surface area contributed by atoms with Crippen LogP contribution < -0.4 is 10.6 Å². The van der Waals surface area contributed by atoms with Gasteiger partial charge in [-0.15, -0.1) is 11.8 Å². The molecule has 3 nitrogen and oxygen atoms in total. The summed E-state index contributed by atoms with van der Waals surface area (Å²) in [4.78, 5) is 3.89. The Morgan fingerprint density at radius 1 is 1.35 bits per heavy atom. The van der Waals surface area contributed by atoms with Crippen molar-refractivity contribution in [2.75, 3.05) is 37.0 Å². The molecule has 112 valence electrons. The lowest BCUT2D eigenvalue weighted by atomic mass is 10.1. The normalized spacial score (nSPS) is 10.6. The van der Waals surface area contributed by atoms with E-state index in [0.29, 0.717) is 11.6 Å². The van der Waals surface area contributed by atoms with Crippen molar-refractivity contribution in [3.8, 4) is 0 Å². The van der Waals surface area contributed by atoms with E-state index in [1.54, 1.807) is 11.8 Å². The minimum atomic E-state index is 0.464. The Balaban J connectivity index is 3.07. The van der Waals surface area contributed by atoms with Crippen LogP contribution >= 0.6 is 24.0 Å². The van der Waals surface area contributed by atoms with Crippen LogP contribution in [0.2, 0.25) is 0 Å². The quantitative estimate of drug-likeness (QED) is 0.430. The summed E-state index contributed by atoms with van der Waals surface area (Å²) in [6, 6.07) is 6.24. The summed E-state index contributed by atoms with van der Waals surface area (Å²) in [5.41, 5.74) is 8.06. The van der Waals surface area contributed by atoms with E-state index in [1.165, 1.54) is 0 Å². The summed E-state index contributed by atoms with van der Waals surface area (Å²) < 4.78 is 5.45. The molecule has 1 aromatic carbocycles. The molecule has 5 heteroatoms. The zero-order valence-corrected chi connectivity index (χ0v) is 14.1. The third-order valence-electron chi connectivity index (χ3n) is 2.98. The lowest BCUT2D eigenvalue weighted by molar-refractivity contribution is 0.154. The van der Waals surface area contributed by atoms with Crippen LogP contribution in [-0.2, 0) is 4.74 Å². The summed E-state index contributed by atoms with van der Waals surface area (Å²) in [5, 5.41) is 0. The average Bonchev–Trinajstić information content (AvgIpc) is 2.43. The van der Waals surface area contributed by atoms with Crippen LogP contribution in [0.1, 0.15) is 26.3 Å². The highest BCUT2D eigenvalue weighted by molar-refractivity contribution is 7.99. The van der Waals surface area contributed by atoms with Gasteiger partial charge in [-0.25, -0.2) is 0 Å². The molecule has 0 aliphatic rings. The van der Waals surface area contributed by atoms with Crippen molar-refractivity contribution in [2.45, 2.75) is 25.7 Å². The number of hydrogen-bond donors (Lipinski definition) is 1. The van der Waals surface area contributed by atoms with Crippen molar-refractivity contribution < 1.29 is 4.74 Å². The van der Waals surface area contributed by atoms with Crippen LogP contribution in [0.25, 0.3) is 0 Å². The lowest BCUT2D eigenvalue weighted by Crippen LogP contribution is -2.29. The molecule has 0 saturated heterocycles. The molecule has 0 atom stereocenters. The zero-order chi connectivity index (χ0) is 15.0. The predicted octanol–water partition coefficient (Wildman–Crippen LogP) is 3.30. The number of nitrogens with zero attached hydrogens (tertiary/aromatic N) is 1. The molecule has 0 aromatic heterocycles. The molecule has 1 rings (SSSR count). The number of hydrogen-bond acceptors (Lipinski definition) is 4. The Morgan fingerprint density at radius 3 is 2.65 bits per heavy atom. The number of anilines is 1. The van der Waals surface area contributed by atoms with E-state index in [1.807, 2.05) is 6.92 Å². The van der Waals surface area contributed by atoms with Crippen LogP contribution in [0.5, 0.6) is 0 Å². The number of nitrogens with two attached hydrogens (primary N) is 1. The lowest BCUT2D eigenvalue weighted by Gasteiger charge is -2.26. The number of thiocarbonyl (C=S) groups is 1. The molecule has 20 heavy (non-hydrogen) atoms. The molecule has 0 fully saturated rings. The third-order valence-corrected chi connectivity index (χ3v) is 4.13. The van der Waals surface area contributed by atoms with Crippen molar-refractivity contribution in [2.24, 2.45) is 5.73 Å². The van der Waals surface area contributed by atoms with Crippen LogP contribution in [-0.4, -0.2) is 37.0 Å². The number of likely N-dealkylation sites (N-methyl/N-ethyl adjacent to an activating group) is 1. The summed E-state index contributed by atoms with van der Waals surface area (Å²) in [6.07, 6.45) is 0. The largest absolute Gasteiger partial charge is 0.389 e. The van der Waals surface area contributed by atoms with Gasteiger partial charge >= 0.3 is 0 Å². The third kappa shape index (κ3) is 4.65. The summed E-state index contributed by atoms with van der Waals surface area (Å²) in [5.74, 6) is 1.00. The first-order chi connectivity index (χ1) is 9.65. The van der Waals surface area contributed by atoms with E-state index in [4.69, 9.17) is 22.7 Å². The molecule has 2 N–H and O–H groups in total. The molecular formula is C15H24N2OS2. The fraction of sp³-hybridized carbons (Fsp3) is 0.533. The Hall–Kier alpha value is -0.780. The maximum absolute atomic E-state index is 5.95. The van der Waals surface area contributed by atoms with Gasteiger partial charge in [0.1, 0.15) is 4.99 Å². The fourth-order valence-corrected chi connectivity index (χ4v) is 3.20. The average molecular weight is 313 g/mol. The molecule has 0 heterocycles. The predicted molar refractivity (Wildman–Crippen MR) is 93.1 cm³/mol. The molecule has 0 aliphatic heterocycles. The van der Waals surface area contributed by atoms with Gasteiger partial charge in [0.2, 0.25) is 0 Å².